The monoisotopic (exact) mass is 368 g/mol. The van der Waals surface area contributed by atoms with Crippen molar-refractivity contribution in [1.82, 2.24) is 20.0 Å². The highest BCUT2D eigenvalue weighted by Gasteiger charge is 2.38. The molecule has 0 spiro atoms. The zero-order valence-electron chi connectivity index (χ0n) is 14.3. The predicted octanol–water partition coefficient (Wildman–Crippen LogP) is 2.99. The average molecular weight is 368 g/mol. The van der Waals surface area contributed by atoms with Crippen LogP contribution in [0.2, 0.25) is 0 Å². The van der Waals surface area contributed by atoms with Crippen molar-refractivity contribution >= 4 is 0 Å². The second kappa shape index (κ2) is 7.36. The van der Waals surface area contributed by atoms with Crippen molar-refractivity contribution in [2.45, 2.75) is 12.7 Å². The lowest BCUT2D eigenvalue weighted by atomic mass is 10.1. The lowest BCUT2D eigenvalue weighted by Crippen LogP contribution is -2.40. The van der Waals surface area contributed by atoms with Gasteiger partial charge < -0.3 is 19.0 Å². The highest BCUT2D eigenvalue weighted by Crippen LogP contribution is 2.30. The number of rotatable bonds is 5. The molecule has 1 aromatic heterocycles. The lowest BCUT2D eigenvalue weighted by Gasteiger charge is -2.35. The molecule has 3 rings (SSSR count). The quantitative estimate of drug-likeness (QED) is 0.809. The van der Waals surface area contributed by atoms with Gasteiger partial charge in [-0.05, 0) is 17.7 Å². The Hall–Kier alpha value is -2.55. The molecule has 9 heteroatoms. The minimum absolute atomic E-state index is 0.157. The minimum atomic E-state index is -4.65. The van der Waals surface area contributed by atoms with Crippen LogP contribution >= 0.6 is 0 Å². The van der Waals surface area contributed by atoms with Crippen LogP contribution in [0.25, 0.3) is 11.5 Å². The Morgan fingerprint density at radius 1 is 1.19 bits per heavy atom. The zero-order chi connectivity index (χ0) is 18.7. The average Bonchev–Trinajstić information content (AvgIpc) is 3.13. The first-order valence-electron chi connectivity index (χ1n) is 8.07. The summed E-state index contributed by atoms with van der Waals surface area (Å²) in [4.78, 5) is 4.18. The fourth-order valence-electron chi connectivity index (χ4n) is 2.64. The summed E-state index contributed by atoms with van der Waals surface area (Å²) in [5.74, 6) is -0.600. The second-order valence-electron chi connectivity index (χ2n) is 5.98. The number of alkyl halides is 3. The summed E-state index contributed by atoms with van der Waals surface area (Å²) >= 11 is 0. The van der Waals surface area contributed by atoms with E-state index in [1.54, 1.807) is 12.1 Å². The molecule has 1 aliphatic heterocycles. The fourth-order valence-corrected chi connectivity index (χ4v) is 2.64. The Bertz CT molecular complexity index is 752. The highest BCUT2D eigenvalue weighted by molar-refractivity contribution is 5.53. The van der Waals surface area contributed by atoms with E-state index in [1.165, 1.54) is 0 Å². The van der Waals surface area contributed by atoms with Crippen LogP contribution in [0, 0.1) is 0 Å². The molecule has 1 aromatic carbocycles. The van der Waals surface area contributed by atoms with E-state index in [0.29, 0.717) is 25.3 Å². The maximum absolute atomic E-state index is 12.5. The maximum atomic E-state index is 12.5. The number of halogens is 3. The molecule has 0 atom stereocenters. The molecule has 0 bridgehead atoms. The van der Waals surface area contributed by atoms with E-state index in [0.717, 1.165) is 24.5 Å². The Kier molecular flexibility index (Phi) is 5.17. The molecule has 1 fully saturated rings. The van der Waals surface area contributed by atoms with Gasteiger partial charge in [0.2, 0.25) is 5.89 Å². The van der Waals surface area contributed by atoms with Gasteiger partial charge in [0.1, 0.15) is 0 Å². The van der Waals surface area contributed by atoms with Crippen LogP contribution in [0.1, 0.15) is 11.5 Å². The summed E-state index contributed by atoms with van der Waals surface area (Å²) in [7, 11) is 1.94. The molecule has 0 unspecified atom stereocenters. The molecule has 0 aliphatic carbocycles. The van der Waals surface area contributed by atoms with Gasteiger partial charge >= 0.3 is 12.1 Å². The van der Waals surface area contributed by atoms with E-state index < -0.39 is 12.1 Å². The number of hydrogen-bond acceptors (Lipinski definition) is 6. The van der Waals surface area contributed by atoms with Gasteiger partial charge in [-0.25, -0.2) is 0 Å². The highest BCUT2D eigenvalue weighted by atomic mass is 19.4. The number of morpholine rings is 1. The van der Waals surface area contributed by atoms with Crippen LogP contribution in [0.15, 0.2) is 41.1 Å². The van der Waals surface area contributed by atoms with E-state index in [1.807, 2.05) is 24.1 Å². The van der Waals surface area contributed by atoms with Crippen molar-refractivity contribution in [2.75, 3.05) is 33.4 Å². The number of nitrogens with zero attached hydrogens (tertiary/aromatic N) is 4. The molecular formula is C17H19F3N4O2. The van der Waals surface area contributed by atoms with Gasteiger partial charge in [-0.15, -0.1) is 10.2 Å². The van der Waals surface area contributed by atoms with Crippen LogP contribution < -0.4 is 0 Å². The Labute approximate surface area is 148 Å². The lowest BCUT2D eigenvalue weighted by molar-refractivity contribution is -0.156. The number of ether oxygens (including phenoxy) is 1. The molecule has 0 saturated carbocycles. The first-order valence-corrected chi connectivity index (χ1v) is 8.07. The van der Waals surface area contributed by atoms with Crippen LogP contribution in [-0.2, 0) is 17.5 Å². The zero-order valence-corrected chi connectivity index (χ0v) is 14.3. The normalized spacial score (nSPS) is 15.2. The van der Waals surface area contributed by atoms with Crippen LogP contribution in [-0.4, -0.2) is 53.3 Å². The van der Waals surface area contributed by atoms with E-state index >= 15 is 0 Å². The summed E-state index contributed by atoms with van der Waals surface area (Å²) in [6, 6.07) is 6.95. The number of hydrogen-bond donors (Lipinski definition) is 0. The summed E-state index contributed by atoms with van der Waals surface area (Å²) in [6.07, 6.45) is -4.65. The summed E-state index contributed by atoms with van der Waals surface area (Å²) < 4.78 is 47.6. The van der Waals surface area contributed by atoms with E-state index in [-0.39, 0.29) is 5.89 Å². The van der Waals surface area contributed by atoms with E-state index in [2.05, 4.69) is 26.1 Å². The van der Waals surface area contributed by atoms with Crippen molar-refractivity contribution in [3.8, 4) is 11.5 Å². The molecular weight excluding hydrogens is 349 g/mol. The third-order valence-corrected chi connectivity index (χ3v) is 4.10. The van der Waals surface area contributed by atoms with Crippen molar-refractivity contribution in [3.05, 3.63) is 48.1 Å². The smallest absolute Gasteiger partial charge is 0.413 e. The van der Waals surface area contributed by atoms with Crippen molar-refractivity contribution in [1.29, 1.82) is 0 Å². The van der Waals surface area contributed by atoms with Crippen LogP contribution in [0.3, 0.4) is 0 Å². The second-order valence-corrected chi connectivity index (χ2v) is 5.98. The third-order valence-electron chi connectivity index (χ3n) is 4.10. The Morgan fingerprint density at radius 3 is 2.42 bits per heavy atom. The first kappa shape index (κ1) is 18.2. The molecule has 0 amide bonds. The molecule has 140 valence electrons. The predicted molar refractivity (Wildman–Crippen MR) is 87.7 cm³/mol. The van der Waals surface area contributed by atoms with Crippen molar-refractivity contribution in [3.63, 3.8) is 0 Å². The van der Waals surface area contributed by atoms with E-state index in [9.17, 15) is 13.2 Å². The molecule has 1 aliphatic rings. The molecule has 1 saturated heterocycles. The number of benzene rings is 1. The Balaban J connectivity index is 1.64. The summed E-state index contributed by atoms with van der Waals surface area (Å²) in [5, 5.41) is 6.49. The van der Waals surface area contributed by atoms with E-state index in [4.69, 9.17) is 4.74 Å². The maximum Gasteiger partial charge on any atom is 0.470 e. The summed E-state index contributed by atoms with van der Waals surface area (Å²) in [6.45, 7) is 7.73. The number of aromatic nitrogens is 2. The largest absolute Gasteiger partial charge is 0.470 e. The molecule has 6 nitrogen and oxygen atoms in total. The minimum Gasteiger partial charge on any atom is -0.413 e. The molecule has 0 radical (unpaired) electrons. The van der Waals surface area contributed by atoms with Gasteiger partial charge in [0.05, 0.1) is 19.0 Å². The van der Waals surface area contributed by atoms with Gasteiger partial charge in [-0.1, -0.05) is 18.7 Å². The summed E-state index contributed by atoms with van der Waals surface area (Å²) in [5.41, 5.74) is 1.42. The van der Waals surface area contributed by atoms with Crippen molar-refractivity contribution in [2.24, 2.45) is 0 Å². The van der Waals surface area contributed by atoms with Gasteiger partial charge in [0.15, 0.2) is 0 Å². The fraction of sp³-hybridized carbons (Fsp3) is 0.412. The first-order chi connectivity index (χ1) is 12.3. The topological polar surface area (TPSA) is 54.6 Å². The standard InChI is InChI=1S/C17H19F3N4O2/c1-12(24-7-9-25-10-8-24)23(2)11-13-3-5-14(6-4-13)15-21-22-16(26-15)17(18,19)20/h3-6H,1,7-11H2,2H3. The molecule has 2 aromatic rings. The molecule has 2 heterocycles. The molecule has 0 N–H and O–H groups in total. The van der Waals surface area contributed by atoms with Gasteiger partial charge in [-0.3, -0.25) is 0 Å². The van der Waals surface area contributed by atoms with Gasteiger partial charge in [-0.2, -0.15) is 13.2 Å². The SMILES string of the molecule is C=C(N(C)Cc1ccc(-c2nnc(C(F)(F)F)o2)cc1)N1CCOCC1. The van der Waals surface area contributed by atoms with Gasteiger partial charge in [0.25, 0.3) is 0 Å². The Morgan fingerprint density at radius 2 is 1.85 bits per heavy atom. The molecule has 26 heavy (non-hydrogen) atoms. The van der Waals surface area contributed by atoms with Crippen LogP contribution in [0.5, 0.6) is 0 Å². The van der Waals surface area contributed by atoms with Gasteiger partial charge in [0, 0.05) is 32.2 Å². The van der Waals surface area contributed by atoms with Crippen molar-refractivity contribution < 1.29 is 22.3 Å². The van der Waals surface area contributed by atoms with Crippen LogP contribution in [0.4, 0.5) is 13.2 Å². The third kappa shape index (κ3) is 4.16.